The molecule has 1 aromatic heterocycles. The van der Waals surface area contributed by atoms with E-state index in [9.17, 15) is 9.59 Å². The van der Waals surface area contributed by atoms with Gasteiger partial charge in [-0.15, -0.1) is 0 Å². The molecule has 3 heterocycles. The molecule has 2 fully saturated rings. The van der Waals surface area contributed by atoms with E-state index < -0.39 is 5.60 Å². The summed E-state index contributed by atoms with van der Waals surface area (Å²) >= 11 is 0. The van der Waals surface area contributed by atoms with Crippen LogP contribution in [0.1, 0.15) is 74.8 Å². The minimum Gasteiger partial charge on any atom is -0.444 e. The summed E-state index contributed by atoms with van der Waals surface area (Å²) < 4.78 is 7.45. The highest BCUT2D eigenvalue weighted by molar-refractivity contribution is 5.95. The van der Waals surface area contributed by atoms with Crippen LogP contribution >= 0.6 is 0 Å². The van der Waals surface area contributed by atoms with Crippen molar-refractivity contribution in [3.05, 3.63) is 47.8 Å². The second-order valence-electron chi connectivity index (χ2n) is 10.6. The van der Waals surface area contributed by atoms with Gasteiger partial charge in [0.15, 0.2) is 0 Å². The van der Waals surface area contributed by atoms with Crippen LogP contribution in [-0.4, -0.2) is 76.5 Å². The molecule has 1 aromatic carbocycles. The molecule has 2 saturated heterocycles. The van der Waals surface area contributed by atoms with Crippen molar-refractivity contribution in [2.45, 2.75) is 64.4 Å². The molecule has 0 saturated carbocycles. The Morgan fingerprint density at radius 3 is 2.37 bits per heavy atom. The minimum atomic E-state index is -0.515. The Labute approximate surface area is 208 Å². The number of aromatic nitrogens is 2. The summed E-state index contributed by atoms with van der Waals surface area (Å²) in [6.45, 7) is 10.6. The summed E-state index contributed by atoms with van der Waals surface area (Å²) in [6.07, 6.45) is 6.71. The smallest absolute Gasteiger partial charge is 0.410 e. The van der Waals surface area contributed by atoms with Crippen LogP contribution < -0.4 is 5.32 Å². The number of carbonyl (C=O) groups excluding carboxylic acids is 2. The van der Waals surface area contributed by atoms with Crippen LogP contribution in [0.15, 0.2) is 36.5 Å². The van der Waals surface area contributed by atoms with E-state index in [2.05, 4.69) is 15.3 Å². The number of rotatable bonds is 6. The Bertz CT molecular complexity index is 984. The van der Waals surface area contributed by atoms with Gasteiger partial charge in [-0.3, -0.25) is 4.79 Å². The van der Waals surface area contributed by atoms with Crippen molar-refractivity contribution in [1.82, 2.24) is 24.9 Å². The van der Waals surface area contributed by atoms with E-state index in [1.54, 1.807) is 11.1 Å². The van der Waals surface area contributed by atoms with E-state index >= 15 is 0 Å². The van der Waals surface area contributed by atoms with Crippen molar-refractivity contribution in [2.75, 3.05) is 39.3 Å². The maximum atomic E-state index is 13.3. The highest BCUT2D eigenvalue weighted by Gasteiger charge is 2.32. The number of nitrogens with one attached hydrogen (secondary N) is 1. The third kappa shape index (κ3) is 6.63. The quantitative estimate of drug-likeness (QED) is 0.669. The average Bonchev–Trinajstić information content (AvgIpc) is 3.30. The first kappa shape index (κ1) is 25.2. The second-order valence-corrected chi connectivity index (χ2v) is 10.6. The standard InChI is InChI=1S/C27H39N5O3/c1-27(2,3)35-26(34)31-17-12-21(13-18-31)24-23(20-29-32(24)22-10-6-4-7-11-22)25(33)28-14-19-30-15-8-5-9-16-30/h4,6-7,10-11,20-21H,5,8-9,12-19H2,1-3H3,(H,28,33). The summed E-state index contributed by atoms with van der Waals surface area (Å²) in [5, 5.41) is 7.75. The van der Waals surface area contributed by atoms with Crippen molar-refractivity contribution >= 4 is 12.0 Å². The number of hydrogen-bond acceptors (Lipinski definition) is 5. The first-order valence-corrected chi connectivity index (χ1v) is 12.9. The van der Waals surface area contributed by atoms with E-state index in [1.807, 2.05) is 55.8 Å². The molecule has 2 aromatic rings. The Kier molecular flexibility index (Phi) is 8.11. The molecule has 8 nitrogen and oxygen atoms in total. The summed E-state index contributed by atoms with van der Waals surface area (Å²) in [4.78, 5) is 30.0. The maximum absolute atomic E-state index is 13.3. The van der Waals surface area contributed by atoms with Crippen molar-refractivity contribution in [2.24, 2.45) is 0 Å². The van der Waals surface area contributed by atoms with Gasteiger partial charge < -0.3 is 19.9 Å². The normalized spacial score (nSPS) is 17.9. The van der Waals surface area contributed by atoms with E-state index in [-0.39, 0.29) is 17.9 Å². The van der Waals surface area contributed by atoms with Gasteiger partial charge in [0.1, 0.15) is 5.60 Å². The summed E-state index contributed by atoms with van der Waals surface area (Å²) in [5.41, 5.74) is 1.97. The van der Waals surface area contributed by atoms with Gasteiger partial charge in [-0.1, -0.05) is 24.6 Å². The second kappa shape index (κ2) is 11.2. The van der Waals surface area contributed by atoms with Gasteiger partial charge in [-0.2, -0.15) is 5.10 Å². The number of amides is 2. The molecular weight excluding hydrogens is 442 g/mol. The van der Waals surface area contributed by atoms with Crippen molar-refractivity contribution in [3.8, 4) is 5.69 Å². The molecule has 8 heteroatoms. The molecule has 0 atom stereocenters. The van der Waals surface area contributed by atoms with Crippen molar-refractivity contribution in [1.29, 1.82) is 0 Å². The lowest BCUT2D eigenvalue weighted by Crippen LogP contribution is -2.42. The number of carbonyl (C=O) groups is 2. The zero-order chi connectivity index (χ0) is 24.8. The topological polar surface area (TPSA) is 79.7 Å². The zero-order valence-electron chi connectivity index (χ0n) is 21.3. The van der Waals surface area contributed by atoms with Gasteiger partial charge in [0.2, 0.25) is 0 Å². The van der Waals surface area contributed by atoms with E-state index in [0.717, 1.165) is 43.9 Å². The fourth-order valence-electron chi connectivity index (χ4n) is 4.97. The lowest BCUT2D eigenvalue weighted by atomic mass is 9.91. The van der Waals surface area contributed by atoms with E-state index in [1.165, 1.54) is 19.3 Å². The van der Waals surface area contributed by atoms with Gasteiger partial charge in [-0.25, -0.2) is 9.48 Å². The van der Waals surface area contributed by atoms with Crippen LogP contribution in [-0.2, 0) is 4.74 Å². The number of para-hydroxylation sites is 1. The third-order valence-electron chi connectivity index (χ3n) is 6.75. The van der Waals surface area contributed by atoms with Crippen LogP contribution in [0.3, 0.4) is 0 Å². The van der Waals surface area contributed by atoms with Crippen LogP contribution in [0.4, 0.5) is 4.79 Å². The Hall–Kier alpha value is -2.87. The fraction of sp³-hybridized carbons (Fsp3) is 0.593. The van der Waals surface area contributed by atoms with Crippen molar-refractivity contribution in [3.63, 3.8) is 0 Å². The Morgan fingerprint density at radius 2 is 1.71 bits per heavy atom. The SMILES string of the molecule is CC(C)(C)OC(=O)N1CCC(c2c(C(=O)NCCN3CCCCC3)cnn2-c2ccccc2)CC1. The predicted octanol–water partition coefficient (Wildman–Crippen LogP) is 4.20. The molecule has 4 rings (SSSR count). The fourth-order valence-corrected chi connectivity index (χ4v) is 4.97. The van der Waals surface area contributed by atoms with Gasteiger partial charge in [0.05, 0.1) is 23.1 Å². The van der Waals surface area contributed by atoms with Crippen LogP contribution in [0.25, 0.3) is 5.69 Å². The van der Waals surface area contributed by atoms with Gasteiger partial charge in [0, 0.05) is 32.1 Å². The van der Waals surface area contributed by atoms with Crippen molar-refractivity contribution < 1.29 is 14.3 Å². The summed E-state index contributed by atoms with van der Waals surface area (Å²) in [7, 11) is 0. The molecule has 2 amide bonds. The molecule has 0 radical (unpaired) electrons. The molecule has 1 N–H and O–H groups in total. The number of piperidine rings is 2. The zero-order valence-corrected chi connectivity index (χ0v) is 21.3. The molecule has 0 bridgehead atoms. The number of hydrogen-bond donors (Lipinski definition) is 1. The Morgan fingerprint density at radius 1 is 1.03 bits per heavy atom. The lowest BCUT2D eigenvalue weighted by Gasteiger charge is -2.34. The predicted molar refractivity (Wildman–Crippen MR) is 136 cm³/mol. The van der Waals surface area contributed by atoms with Gasteiger partial charge in [-0.05, 0) is 71.7 Å². The summed E-state index contributed by atoms with van der Waals surface area (Å²) in [6, 6.07) is 9.93. The summed E-state index contributed by atoms with van der Waals surface area (Å²) in [5.74, 6) is 0.0491. The molecule has 35 heavy (non-hydrogen) atoms. The van der Waals surface area contributed by atoms with E-state index in [0.29, 0.717) is 25.2 Å². The third-order valence-corrected chi connectivity index (χ3v) is 6.75. The van der Waals surface area contributed by atoms with Crippen LogP contribution in [0, 0.1) is 0 Å². The molecule has 0 spiro atoms. The first-order valence-electron chi connectivity index (χ1n) is 12.9. The van der Waals surface area contributed by atoms with Crippen LogP contribution in [0.2, 0.25) is 0 Å². The number of ether oxygens (including phenoxy) is 1. The average molecular weight is 482 g/mol. The van der Waals surface area contributed by atoms with Gasteiger partial charge >= 0.3 is 6.09 Å². The monoisotopic (exact) mass is 481 g/mol. The molecule has 0 unspecified atom stereocenters. The molecular formula is C27H39N5O3. The Balaban J connectivity index is 1.47. The molecule has 2 aliphatic heterocycles. The highest BCUT2D eigenvalue weighted by Crippen LogP contribution is 2.32. The number of nitrogens with zero attached hydrogens (tertiary/aromatic N) is 4. The lowest BCUT2D eigenvalue weighted by molar-refractivity contribution is 0.0203. The van der Waals surface area contributed by atoms with E-state index in [4.69, 9.17) is 4.74 Å². The number of benzene rings is 1. The molecule has 2 aliphatic rings. The minimum absolute atomic E-state index is 0.0752. The first-order chi connectivity index (χ1) is 16.8. The highest BCUT2D eigenvalue weighted by atomic mass is 16.6. The van der Waals surface area contributed by atoms with Gasteiger partial charge in [0.25, 0.3) is 5.91 Å². The molecule has 0 aliphatic carbocycles. The largest absolute Gasteiger partial charge is 0.444 e. The maximum Gasteiger partial charge on any atom is 0.410 e. The van der Waals surface area contributed by atoms with Crippen LogP contribution in [0.5, 0.6) is 0 Å². The number of likely N-dealkylation sites (tertiary alicyclic amines) is 2. The molecule has 190 valence electrons.